The molecule has 1 aliphatic heterocycles. The number of aromatic nitrogens is 4. The minimum Gasteiger partial charge on any atom is -0.297 e. The van der Waals surface area contributed by atoms with Gasteiger partial charge in [0.2, 0.25) is 10.0 Å². The van der Waals surface area contributed by atoms with Gasteiger partial charge in [-0.3, -0.25) is 14.5 Å². The van der Waals surface area contributed by atoms with Gasteiger partial charge in [0, 0.05) is 50.2 Å². The molecule has 10 heteroatoms. The smallest absolute Gasteiger partial charge is 0.243 e. The summed E-state index contributed by atoms with van der Waals surface area (Å²) in [5.74, 6) is 0.876. The third-order valence-corrected chi connectivity index (χ3v) is 8.80. The number of aryl methyl sites for hydroxylation is 2. The molecule has 0 atom stereocenters. The van der Waals surface area contributed by atoms with Crippen LogP contribution < -0.4 is 0 Å². The van der Waals surface area contributed by atoms with Crippen LogP contribution in [0.1, 0.15) is 30.0 Å². The monoisotopic (exact) mass is 484 g/mol. The van der Waals surface area contributed by atoms with Crippen molar-refractivity contribution in [1.82, 2.24) is 28.5 Å². The van der Waals surface area contributed by atoms with Crippen LogP contribution in [0.4, 0.5) is 0 Å². The summed E-state index contributed by atoms with van der Waals surface area (Å²) in [7, 11) is -3.51. The van der Waals surface area contributed by atoms with Crippen LogP contribution in [-0.4, -0.2) is 63.1 Å². The molecule has 8 nitrogen and oxygen atoms in total. The summed E-state index contributed by atoms with van der Waals surface area (Å²) in [6.07, 6.45) is 5.77. The molecule has 174 valence electrons. The Balaban J connectivity index is 1.32. The molecule has 0 radical (unpaired) electrons. The number of piperazine rings is 1. The first-order valence-corrected chi connectivity index (χ1v) is 13.1. The number of rotatable bonds is 6. The van der Waals surface area contributed by atoms with E-state index in [0.29, 0.717) is 43.8 Å². The van der Waals surface area contributed by atoms with Gasteiger partial charge in [-0.15, -0.1) is 0 Å². The van der Waals surface area contributed by atoms with Gasteiger partial charge < -0.3 is 0 Å². The van der Waals surface area contributed by atoms with Crippen LogP contribution >= 0.6 is 12.2 Å². The molecule has 2 fully saturated rings. The van der Waals surface area contributed by atoms with E-state index in [1.807, 2.05) is 42.8 Å². The first-order chi connectivity index (χ1) is 15.8. The highest BCUT2D eigenvalue weighted by atomic mass is 32.2. The zero-order valence-corrected chi connectivity index (χ0v) is 20.5. The number of hydrogen-bond donors (Lipinski definition) is 0. The van der Waals surface area contributed by atoms with E-state index in [9.17, 15) is 8.42 Å². The lowest BCUT2D eigenvalue weighted by Gasteiger charge is -2.34. The van der Waals surface area contributed by atoms with Crippen molar-refractivity contribution in [2.24, 2.45) is 0 Å². The molecule has 0 N–H and O–H groups in total. The summed E-state index contributed by atoms with van der Waals surface area (Å²) in [6.45, 7) is 6.47. The quantitative estimate of drug-likeness (QED) is 0.499. The Hall–Kier alpha value is -2.40. The van der Waals surface area contributed by atoms with E-state index >= 15 is 0 Å². The van der Waals surface area contributed by atoms with Crippen LogP contribution in [0.25, 0.3) is 11.4 Å². The summed E-state index contributed by atoms with van der Waals surface area (Å²) in [4.78, 5) is 6.73. The van der Waals surface area contributed by atoms with E-state index in [2.05, 4.69) is 14.5 Å². The van der Waals surface area contributed by atoms with Crippen LogP contribution in [0.15, 0.2) is 47.6 Å². The second-order valence-corrected chi connectivity index (χ2v) is 11.1. The van der Waals surface area contributed by atoms with Gasteiger partial charge in [-0.1, -0.05) is 12.1 Å². The molecule has 1 aromatic carbocycles. The van der Waals surface area contributed by atoms with Crippen molar-refractivity contribution < 1.29 is 8.42 Å². The second-order valence-electron chi connectivity index (χ2n) is 8.88. The third-order valence-electron chi connectivity index (χ3n) is 6.35. The molecule has 1 saturated carbocycles. The number of pyridine rings is 1. The molecule has 33 heavy (non-hydrogen) atoms. The molecule has 3 heterocycles. The Kier molecular flexibility index (Phi) is 5.94. The molecule has 0 spiro atoms. The van der Waals surface area contributed by atoms with E-state index in [4.69, 9.17) is 17.3 Å². The maximum atomic E-state index is 13.2. The van der Waals surface area contributed by atoms with Gasteiger partial charge in [-0.05, 0) is 68.2 Å². The maximum Gasteiger partial charge on any atom is 0.243 e. The topological polar surface area (TPSA) is 76.3 Å². The largest absolute Gasteiger partial charge is 0.297 e. The van der Waals surface area contributed by atoms with Gasteiger partial charge in [0.1, 0.15) is 0 Å². The number of sulfonamides is 1. The average molecular weight is 485 g/mol. The zero-order chi connectivity index (χ0) is 23.2. The van der Waals surface area contributed by atoms with Gasteiger partial charge in [0.25, 0.3) is 0 Å². The highest BCUT2D eigenvalue weighted by Crippen LogP contribution is 2.38. The Bertz CT molecular complexity index is 1320. The number of hydrogen-bond acceptors (Lipinski definition) is 6. The van der Waals surface area contributed by atoms with E-state index in [-0.39, 0.29) is 0 Å². The lowest BCUT2D eigenvalue weighted by Crippen LogP contribution is -2.49. The molecule has 3 aromatic rings. The standard InChI is InChI=1S/C23H28N6O2S2/c1-17-3-4-18(2)21(15-17)33(30,31)27-13-11-26(12-14-27)16-28-23(32)29(20-5-6-20)22(25-28)19-7-9-24-10-8-19/h3-4,7-10,15,20H,5-6,11-14,16H2,1-2H3. The number of nitrogens with zero attached hydrogens (tertiary/aromatic N) is 6. The molecule has 2 aromatic heterocycles. The van der Waals surface area contributed by atoms with Crippen molar-refractivity contribution in [3.05, 3.63) is 58.6 Å². The maximum absolute atomic E-state index is 13.2. The third kappa shape index (κ3) is 4.40. The number of benzene rings is 1. The van der Waals surface area contributed by atoms with Gasteiger partial charge in [0.15, 0.2) is 10.6 Å². The second kappa shape index (κ2) is 8.75. The van der Waals surface area contributed by atoms with Crippen LogP contribution in [0.5, 0.6) is 0 Å². The fraction of sp³-hybridized carbons (Fsp3) is 0.435. The molecule has 2 aliphatic rings. The van der Waals surface area contributed by atoms with Gasteiger partial charge in [-0.2, -0.15) is 9.40 Å². The van der Waals surface area contributed by atoms with Crippen molar-refractivity contribution in [2.45, 2.75) is 44.3 Å². The molecule has 0 bridgehead atoms. The van der Waals surface area contributed by atoms with Crippen molar-refractivity contribution in [2.75, 3.05) is 26.2 Å². The fourth-order valence-corrected chi connectivity index (χ4v) is 6.36. The Morgan fingerprint density at radius 3 is 2.39 bits per heavy atom. The minimum absolute atomic E-state index is 0.406. The molecular formula is C23H28N6O2S2. The van der Waals surface area contributed by atoms with E-state index in [0.717, 1.165) is 40.1 Å². The zero-order valence-electron chi connectivity index (χ0n) is 18.9. The summed E-state index contributed by atoms with van der Waals surface area (Å²) in [6, 6.07) is 9.90. The molecule has 5 rings (SSSR count). The van der Waals surface area contributed by atoms with Crippen molar-refractivity contribution in [1.29, 1.82) is 0 Å². The van der Waals surface area contributed by atoms with E-state index in [1.54, 1.807) is 22.8 Å². The van der Waals surface area contributed by atoms with E-state index in [1.165, 1.54) is 0 Å². The lowest BCUT2D eigenvalue weighted by molar-refractivity contribution is 0.144. The van der Waals surface area contributed by atoms with E-state index < -0.39 is 10.0 Å². The Morgan fingerprint density at radius 2 is 1.73 bits per heavy atom. The van der Waals surface area contributed by atoms with Crippen LogP contribution in [0.2, 0.25) is 0 Å². The Morgan fingerprint density at radius 1 is 1.03 bits per heavy atom. The molecule has 1 saturated heterocycles. The summed E-state index contributed by atoms with van der Waals surface area (Å²) < 4.78 is 32.8. The first kappa shape index (κ1) is 22.4. The van der Waals surface area contributed by atoms with Gasteiger partial charge >= 0.3 is 0 Å². The van der Waals surface area contributed by atoms with Crippen molar-refractivity contribution in [3.8, 4) is 11.4 Å². The fourth-order valence-electron chi connectivity index (χ4n) is 4.30. The van der Waals surface area contributed by atoms with Crippen LogP contribution in [-0.2, 0) is 16.7 Å². The molecule has 0 unspecified atom stereocenters. The molecule has 0 amide bonds. The summed E-state index contributed by atoms with van der Waals surface area (Å²) in [5.41, 5.74) is 2.73. The van der Waals surface area contributed by atoms with Crippen LogP contribution in [0, 0.1) is 18.6 Å². The van der Waals surface area contributed by atoms with Crippen molar-refractivity contribution >= 4 is 22.2 Å². The SMILES string of the molecule is Cc1ccc(C)c(S(=O)(=O)N2CCN(Cn3nc(-c4ccncc4)n(C4CC4)c3=S)CC2)c1. The van der Waals surface area contributed by atoms with Gasteiger partial charge in [-0.25, -0.2) is 13.1 Å². The summed E-state index contributed by atoms with van der Waals surface area (Å²) >= 11 is 5.79. The van der Waals surface area contributed by atoms with Gasteiger partial charge in [0.05, 0.1) is 11.6 Å². The minimum atomic E-state index is -3.51. The highest BCUT2D eigenvalue weighted by molar-refractivity contribution is 7.89. The lowest BCUT2D eigenvalue weighted by atomic mass is 10.2. The molecular weight excluding hydrogens is 456 g/mol. The predicted molar refractivity (Wildman–Crippen MR) is 129 cm³/mol. The molecule has 1 aliphatic carbocycles. The predicted octanol–water partition coefficient (Wildman–Crippen LogP) is 3.39. The van der Waals surface area contributed by atoms with Crippen molar-refractivity contribution in [3.63, 3.8) is 0 Å². The average Bonchev–Trinajstić information content (AvgIpc) is 3.60. The normalized spacial score (nSPS) is 18.0. The highest BCUT2D eigenvalue weighted by Gasteiger charge is 2.32. The van der Waals surface area contributed by atoms with Crippen LogP contribution in [0.3, 0.4) is 0 Å². The first-order valence-electron chi connectivity index (χ1n) is 11.2. The summed E-state index contributed by atoms with van der Waals surface area (Å²) in [5, 5.41) is 4.85. The Labute approximate surface area is 199 Å².